The lowest BCUT2D eigenvalue weighted by atomic mass is 9.78. The summed E-state index contributed by atoms with van der Waals surface area (Å²) < 4.78 is 0. The molecule has 1 unspecified atom stereocenters. The Labute approximate surface area is 124 Å². The topological polar surface area (TPSA) is 87.7 Å². The Bertz CT molecular complexity index is 359. The van der Waals surface area contributed by atoms with E-state index in [-0.39, 0.29) is 17.8 Å². The van der Waals surface area contributed by atoms with Gasteiger partial charge in [-0.2, -0.15) is 11.8 Å². The summed E-state index contributed by atoms with van der Waals surface area (Å²) in [5, 5.41) is 15.4. The van der Waals surface area contributed by atoms with Crippen LogP contribution in [0.15, 0.2) is 5.16 Å². The second-order valence-electron chi connectivity index (χ2n) is 5.87. The van der Waals surface area contributed by atoms with Crippen molar-refractivity contribution >= 4 is 23.5 Å². The second-order valence-corrected chi connectivity index (χ2v) is 7.02. The Kier molecular flexibility index (Phi) is 5.57. The van der Waals surface area contributed by atoms with Crippen molar-refractivity contribution in [2.45, 2.75) is 57.4 Å². The van der Waals surface area contributed by atoms with E-state index in [0.29, 0.717) is 12.8 Å². The monoisotopic (exact) mass is 299 g/mol. The van der Waals surface area contributed by atoms with Crippen molar-refractivity contribution in [3.8, 4) is 0 Å². The van der Waals surface area contributed by atoms with Gasteiger partial charge in [0, 0.05) is 11.8 Å². The van der Waals surface area contributed by atoms with Gasteiger partial charge in [-0.05, 0) is 31.4 Å². The molecule has 2 aliphatic rings. The van der Waals surface area contributed by atoms with Gasteiger partial charge in [-0.15, -0.1) is 0 Å². The van der Waals surface area contributed by atoms with E-state index in [1.807, 2.05) is 11.8 Å². The average Bonchev–Trinajstić information content (AvgIpc) is 2.74. The highest BCUT2D eigenvalue weighted by Gasteiger charge is 2.43. The van der Waals surface area contributed by atoms with Gasteiger partial charge in [0.15, 0.2) is 5.84 Å². The minimum atomic E-state index is -0.798. The van der Waals surface area contributed by atoms with Crippen molar-refractivity contribution in [1.82, 2.24) is 5.32 Å². The summed E-state index contributed by atoms with van der Waals surface area (Å²) in [7, 11) is 0. The zero-order valence-corrected chi connectivity index (χ0v) is 12.8. The van der Waals surface area contributed by atoms with Crippen LogP contribution in [-0.2, 0) is 4.79 Å². The number of oxime groups is 1. The molecule has 0 aromatic heterocycles. The standard InChI is InChI=1S/C14H25N3O2S/c15-12(17-19)14(7-3-1-2-4-8-14)13(18)16-11-6-5-9-20-10-11/h11,19H,1-10H2,(H2,15,17)(H,16,18). The van der Waals surface area contributed by atoms with Crippen LogP contribution in [0.4, 0.5) is 0 Å². The number of nitrogens with two attached hydrogens (primary N) is 1. The Morgan fingerprint density at radius 3 is 2.50 bits per heavy atom. The molecule has 0 aromatic rings. The van der Waals surface area contributed by atoms with Gasteiger partial charge in [-0.25, -0.2) is 0 Å². The smallest absolute Gasteiger partial charge is 0.234 e. The zero-order chi connectivity index (χ0) is 14.4. The first kappa shape index (κ1) is 15.5. The van der Waals surface area contributed by atoms with Crippen LogP contribution < -0.4 is 11.1 Å². The molecule has 1 aliphatic carbocycles. The van der Waals surface area contributed by atoms with Crippen molar-refractivity contribution in [1.29, 1.82) is 0 Å². The Morgan fingerprint density at radius 1 is 1.25 bits per heavy atom. The van der Waals surface area contributed by atoms with Gasteiger partial charge >= 0.3 is 0 Å². The highest BCUT2D eigenvalue weighted by Crippen LogP contribution is 2.36. The lowest BCUT2D eigenvalue weighted by Crippen LogP contribution is -2.53. The Morgan fingerprint density at radius 2 is 1.95 bits per heavy atom. The quantitative estimate of drug-likeness (QED) is 0.245. The summed E-state index contributed by atoms with van der Waals surface area (Å²) in [6.45, 7) is 0. The van der Waals surface area contributed by atoms with Crippen molar-refractivity contribution in [3.63, 3.8) is 0 Å². The van der Waals surface area contributed by atoms with Crippen molar-refractivity contribution in [2.75, 3.05) is 11.5 Å². The van der Waals surface area contributed by atoms with Gasteiger partial charge in [-0.3, -0.25) is 4.79 Å². The van der Waals surface area contributed by atoms with Crippen molar-refractivity contribution < 1.29 is 10.0 Å². The van der Waals surface area contributed by atoms with Crippen LogP contribution in [0.2, 0.25) is 0 Å². The number of nitrogens with one attached hydrogen (secondary N) is 1. The first-order valence-corrected chi connectivity index (χ1v) is 8.71. The maximum Gasteiger partial charge on any atom is 0.234 e. The molecule has 20 heavy (non-hydrogen) atoms. The van der Waals surface area contributed by atoms with E-state index in [0.717, 1.165) is 44.3 Å². The number of thioether (sulfide) groups is 1. The van der Waals surface area contributed by atoms with Crippen molar-refractivity contribution in [2.24, 2.45) is 16.3 Å². The predicted molar refractivity (Wildman–Crippen MR) is 82.0 cm³/mol. The molecular formula is C14H25N3O2S. The molecule has 1 amide bonds. The molecule has 1 atom stereocenters. The fourth-order valence-corrected chi connectivity index (χ4v) is 4.28. The fourth-order valence-electron chi connectivity index (χ4n) is 3.21. The maximum absolute atomic E-state index is 12.7. The van der Waals surface area contributed by atoms with Gasteiger partial charge in [0.2, 0.25) is 5.91 Å². The molecule has 4 N–H and O–H groups in total. The third-order valence-electron chi connectivity index (χ3n) is 4.49. The number of carbonyl (C=O) groups excluding carboxylic acids is 1. The molecule has 6 heteroatoms. The highest BCUT2D eigenvalue weighted by atomic mass is 32.2. The summed E-state index contributed by atoms with van der Waals surface area (Å²) >= 11 is 1.88. The molecule has 1 saturated carbocycles. The summed E-state index contributed by atoms with van der Waals surface area (Å²) in [6, 6.07) is 0.230. The molecule has 2 rings (SSSR count). The van der Waals surface area contributed by atoms with Crippen LogP contribution in [0.25, 0.3) is 0 Å². The molecule has 0 spiro atoms. The van der Waals surface area contributed by atoms with Crippen LogP contribution in [0.5, 0.6) is 0 Å². The number of hydrogen-bond donors (Lipinski definition) is 3. The molecule has 2 fully saturated rings. The van der Waals surface area contributed by atoms with Gasteiger partial charge < -0.3 is 16.3 Å². The summed E-state index contributed by atoms with van der Waals surface area (Å²) in [5.74, 6) is 2.19. The summed E-state index contributed by atoms with van der Waals surface area (Å²) in [6.07, 6.45) is 7.71. The number of amidine groups is 1. The van der Waals surface area contributed by atoms with Gasteiger partial charge in [0.1, 0.15) is 5.41 Å². The number of carbonyl (C=O) groups is 1. The van der Waals surface area contributed by atoms with E-state index >= 15 is 0 Å². The lowest BCUT2D eigenvalue weighted by Gasteiger charge is -2.33. The molecule has 1 saturated heterocycles. The molecular weight excluding hydrogens is 274 g/mol. The summed E-state index contributed by atoms with van der Waals surface area (Å²) in [5.41, 5.74) is 5.09. The zero-order valence-electron chi connectivity index (χ0n) is 11.9. The maximum atomic E-state index is 12.7. The minimum absolute atomic E-state index is 0.0396. The third-order valence-corrected chi connectivity index (χ3v) is 5.70. The van der Waals surface area contributed by atoms with Gasteiger partial charge in [-0.1, -0.05) is 30.8 Å². The number of rotatable bonds is 3. The first-order valence-electron chi connectivity index (χ1n) is 7.56. The number of nitrogens with zero attached hydrogens (tertiary/aromatic N) is 1. The van der Waals surface area contributed by atoms with E-state index in [2.05, 4.69) is 10.5 Å². The Hall–Kier alpha value is -0.910. The molecule has 114 valence electrons. The van der Waals surface area contributed by atoms with E-state index in [4.69, 9.17) is 10.9 Å². The van der Waals surface area contributed by atoms with Crippen LogP contribution in [0, 0.1) is 5.41 Å². The SMILES string of the molecule is NC(=NO)C1(C(=O)NC2CCCSC2)CCCCCC1. The second kappa shape index (κ2) is 7.20. The molecule has 0 radical (unpaired) electrons. The number of amides is 1. The van der Waals surface area contributed by atoms with Crippen molar-refractivity contribution in [3.05, 3.63) is 0 Å². The summed E-state index contributed by atoms with van der Waals surface area (Å²) in [4.78, 5) is 12.7. The fraction of sp³-hybridized carbons (Fsp3) is 0.857. The van der Waals surface area contributed by atoms with Crippen LogP contribution in [-0.4, -0.2) is 34.5 Å². The van der Waals surface area contributed by atoms with E-state index in [1.54, 1.807) is 0 Å². The third kappa shape index (κ3) is 3.40. The van der Waals surface area contributed by atoms with Gasteiger partial charge in [0.25, 0.3) is 0 Å². The molecule has 0 bridgehead atoms. The molecule has 1 aliphatic heterocycles. The van der Waals surface area contributed by atoms with Crippen LogP contribution in [0.1, 0.15) is 51.4 Å². The first-order chi connectivity index (χ1) is 9.69. The van der Waals surface area contributed by atoms with Crippen LogP contribution >= 0.6 is 11.8 Å². The molecule has 5 nitrogen and oxygen atoms in total. The predicted octanol–water partition coefficient (Wildman–Crippen LogP) is 2.09. The largest absolute Gasteiger partial charge is 0.409 e. The highest BCUT2D eigenvalue weighted by molar-refractivity contribution is 7.99. The Balaban J connectivity index is 2.10. The number of hydrogen-bond acceptors (Lipinski definition) is 4. The average molecular weight is 299 g/mol. The minimum Gasteiger partial charge on any atom is -0.409 e. The van der Waals surface area contributed by atoms with E-state index < -0.39 is 5.41 Å². The molecule has 0 aromatic carbocycles. The van der Waals surface area contributed by atoms with Gasteiger partial charge in [0.05, 0.1) is 0 Å². The van der Waals surface area contributed by atoms with E-state index in [9.17, 15) is 4.79 Å². The molecule has 1 heterocycles. The normalized spacial score (nSPS) is 27.6. The van der Waals surface area contributed by atoms with E-state index in [1.165, 1.54) is 5.75 Å². The lowest BCUT2D eigenvalue weighted by molar-refractivity contribution is -0.128. The van der Waals surface area contributed by atoms with Crippen LogP contribution in [0.3, 0.4) is 0 Å².